The van der Waals surface area contributed by atoms with Gasteiger partial charge < -0.3 is 25.2 Å². The number of benzene rings is 2. The average molecular weight is 663 g/mol. The zero-order valence-electron chi connectivity index (χ0n) is 28.4. The zero-order chi connectivity index (χ0) is 35.2. The summed E-state index contributed by atoms with van der Waals surface area (Å²) in [4.78, 5) is 53.8. The van der Waals surface area contributed by atoms with Crippen LogP contribution in [0.5, 0.6) is 5.75 Å². The Hall–Kier alpha value is -4.48. The molecule has 0 spiro atoms. The lowest BCUT2D eigenvalue weighted by molar-refractivity contribution is -0.157. The summed E-state index contributed by atoms with van der Waals surface area (Å²) in [6.07, 6.45) is 5.05. The Morgan fingerprint density at radius 1 is 1.08 bits per heavy atom. The number of aromatic hydroxyl groups is 1. The van der Waals surface area contributed by atoms with Crippen molar-refractivity contribution in [2.45, 2.75) is 89.6 Å². The molecule has 0 saturated carbocycles. The summed E-state index contributed by atoms with van der Waals surface area (Å²) in [7, 11) is 1.53. The van der Waals surface area contributed by atoms with E-state index >= 15 is 0 Å². The van der Waals surface area contributed by atoms with Gasteiger partial charge in [0.05, 0.1) is 12.5 Å². The van der Waals surface area contributed by atoms with E-state index in [0.29, 0.717) is 37.8 Å². The van der Waals surface area contributed by atoms with Gasteiger partial charge in [0.1, 0.15) is 30.0 Å². The summed E-state index contributed by atoms with van der Waals surface area (Å²) < 4.78 is 11.2. The highest BCUT2D eigenvalue weighted by atomic mass is 16.5. The summed E-state index contributed by atoms with van der Waals surface area (Å²) in [6, 6.07) is 11.2. The first kappa shape index (κ1) is 38.0. The van der Waals surface area contributed by atoms with Gasteiger partial charge in [-0.25, -0.2) is 5.43 Å². The lowest BCUT2D eigenvalue weighted by atomic mass is 10.00. The molecule has 48 heavy (non-hydrogen) atoms. The van der Waals surface area contributed by atoms with Crippen LogP contribution in [-0.2, 0) is 35.1 Å². The number of phenols is 1. The Morgan fingerprint density at radius 3 is 2.50 bits per heavy atom. The molecular formula is C37H50N4O7. The van der Waals surface area contributed by atoms with Crippen molar-refractivity contribution in [1.82, 2.24) is 21.1 Å². The highest BCUT2D eigenvalue weighted by molar-refractivity contribution is 5.92. The number of nitrogens with one attached hydrogen (secondary N) is 3. The van der Waals surface area contributed by atoms with Crippen molar-refractivity contribution in [3.8, 4) is 5.75 Å². The number of esters is 1. The van der Waals surface area contributed by atoms with Gasteiger partial charge in [0.25, 0.3) is 5.91 Å². The van der Waals surface area contributed by atoms with Crippen LogP contribution in [0.25, 0.3) is 6.08 Å². The molecule has 1 aliphatic rings. The van der Waals surface area contributed by atoms with Crippen molar-refractivity contribution < 1.29 is 33.8 Å². The van der Waals surface area contributed by atoms with Crippen LogP contribution in [0.1, 0.15) is 75.7 Å². The lowest BCUT2D eigenvalue weighted by Gasteiger charge is -2.36. The quantitative estimate of drug-likeness (QED) is 0.144. The van der Waals surface area contributed by atoms with Crippen LogP contribution in [0.15, 0.2) is 67.8 Å². The Balaban J connectivity index is 1.75. The molecule has 1 aliphatic heterocycles. The molecule has 4 N–H and O–H groups in total. The third-order valence-electron chi connectivity index (χ3n) is 8.32. The summed E-state index contributed by atoms with van der Waals surface area (Å²) in [5, 5.41) is 17.1. The molecule has 1 saturated heterocycles. The van der Waals surface area contributed by atoms with Crippen LogP contribution < -0.4 is 16.1 Å². The van der Waals surface area contributed by atoms with Crippen molar-refractivity contribution in [3.63, 3.8) is 0 Å². The summed E-state index contributed by atoms with van der Waals surface area (Å²) >= 11 is 0. The molecule has 0 aromatic heterocycles. The fourth-order valence-corrected chi connectivity index (χ4v) is 5.53. The number of phenolic OH excluding ortho intramolecular Hbond substituents is 1. The largest absolute Gasteiger partial charge is 0.508 e. The SMILES string of the molecule is C=CCC[C@H](CC(=O)N[C@H](C(=O)N[C@@H](Cc1cccc(O)c1)C(=O)N1CCC[C@@H](C(=O)O[C@H](C)c2cccc(C=C)c2)N1)C(C)C)OC. The molecule has 260 valence electrons. The number of allylic oxidation sites excluding steroid dienone is 1. The van der Waals surface area contributed by atoms with Crippen LogP contribution in [0.2, 0.25) is 0 Å². The summed E-state index contributed by atoms with van der Waals surface area (Å²) in [5.74, 6) is -2.11. The van der Waals surface area contributed by atoms with Crippen LogP contribution in [-0.4, -0.2) is 71.7 Å². The van der Waals surface area contributed by atoms with Gasteiger partial charge in [-0.3, -0.25) is 24.2 Å². The molecular weight excluding hydrogens is 612 g/mol. The van der Waals surface area contributed by atoms with E-state index in [1.807, 2.05) is 24.3 Å². The molecule has 3 rings (SSSR count). The van der Waals surface area contributed by atoms with Crippen molar-refractivity contribution >= 4 is 29.8 Å². The molecule has 11 heteroatoms. The van der Waals surface area contributed by atoms with E-state index in [1.54, 1.807) is 45.1 Å². The predicted molar refractivity (Wildman–Crippen MR) is 184 cm³/mol. The molecule has 0 radical (unpaired) electrons. The van der Waals surface area contributed by atoms with Crippen LogP contribution in [0.4, 0.5) is 0 Å². The maximum Gasteiger partial charge on any atom is 0.325 e. The van der Waals surface area contributed by atoms with Crippen molar-refractivity contribution in [2.24, 2.45) is 5.92 Å². The van der Waals surface area contributed by atoms with Gasteiger partial charge in [0.15, 0.2) is 0 Å². The second kappa shape index (κ2) is 18.8. The minimum absolute atomic E-state index is 0.0214. The van der Waals surface area contributed by atoms with E-state index in [9.17, 15) is 24.3 Å². The number of carbonyl (C=O) groups is 4. The van der Waals surface area contributed by atoms with Crippen molar-refractivity contribution in [2.75, 3.05) is 13.7 Å². The number of nitrogens with zero attached hydrogens (tertiary/aromatic N) is 1. The molecule has 1 fully saturated rings. The van der Waals surface area contributed by atoms with Crippen LogP contribution in [0, 0.1) is 5.92 Å². The topological polar surface area (TPSA) is 146 Å². The van der Waals surface area contributed by atoms with E-state index in [0.717, 1.165) is 11.1 Å². The predicted octanol–water partition coefficient (Wildman–Crippen LogP) is 4.37. The third kappa shape index (κ3) is 11.3. The maximum atomic E-state index is 14.0. The first-order chi connectivity index (χ1) is 22.9. The van der Waals surface area contributed by atoms with Gasteiger partial charge in [0, 0.05) is 20.1 Å². The van der Waals surface area contributed by atoms with Gasteiger partial charge in [0.2, 0.25) is 11.8 Å². The Kier molecular flexibility index (Phi) is 14.8. The first-order valence-electron chi connectivity index (χ1n) is 16.5. The number of hydrogen-bond acceptors (Lipinski definition) is 8. The van der Waals surface area contributed by atoms with E-state index in [1.165, 1.54) is 24.3 Å². The number of carbonyl (C=O) groups excluding carboxylic acids is 4. The maximum absolute atomic E-state index is 14.0. The lowest BCUT2D eigenvalue weighted by Crippen LogP contribution is -2.62. The molecule has 5 atom stereocenters. The van der Waals surface area contributed by atoms with Gasteiger partial charge >= 0.3 is 5.97 Å². The van der Waals surface area contributed by atoms with E-state index in [4.69, 9.17) is 9.47 Å². The molecule has 1 heterocycles. The second-order valence-electron chi connectivity index (χ2n) is 12.4. The minimum Gasteiger partial charge on any atom is -0.508 e. The van der Waals surface area contributed by atoms with Gasteiger partial charge in [-0.05, 0) is 73.4 Å². The average Bonchev–Trinajstić information content (AvgIpc) is 3.08. The molecule has 3 amide bonds. The number of amides is 3. The number of hydrogen-bond donors (Lipinski definition) is 4. The summed E-state index contributed by atoms with van der Waals surface area (Å²) in [6.45, 7) is 13.2. The number of ether oxygens (including phenoxy) is 2. The van der Waals surface area contributed by atoms with Crippen molar-refractivity contribution in [1.29, 1.82) is 0 Å². The molecule has 0 aliphatic carbocycles. The Bertz CT molecular complexity index is 1430. The number of hydrazine groups is 1. The summed E-state index contributed by atoms with van der Waals surface area (Å²) in [5.41, 5.74) is 5.36. The smallest absolute Gasteiger partial charge is 0.325 e. The fraction of sp³-hybridized carbons (Fsp3) is 0.459. The second-order valence-corrected chi connectivity index (χ2v) is 12.4. The molecule has 0 unspecified atom stereocenters. The third-order valence-corrected chi connectivity index (χ3v) is 8.32. The van der Waals surface area contributed by atoms with Gasteiger partial charge in [-0.2, -0.15) is 0 Å². The molecule has 2 aromatic rings. The molecule has 0 bridgehead atoms. The monoisotopic (exact) mass is 662 g/mol. The van der Waals surface area contributed by atoms with Crippen LogP contribution >= 0.6 is 0 Å². The van der Waals surface area contributed by atoms with Gasteiger partial charge in [-0.15, -0.1) is 6.58 Å². The van der Waals surface area contributed by atoms with E-state index in [2.05, 4.69) is 29.2 Å². The number of rotatable bonds is 17. The van der Waals surface area contributed by atoms with Gasteiger partial charge in [-0.1, -0.05) is 62.9 Å². The molecule has 2 aromatic carbocycles. The first-order valence-corrected chi connectivity index (χ1v) is 16.5. The van der Waals surface area contributed by atoms with Crippen LogP contribution in [0.3, 0.4) is 0 Å². The highest BCUT2D eigenvalue weighted by Crippen LogP contribution is 2.21. The Labute approximate surface area is 283 Å². The Morgan fingerprint density at radius 2 is 1.83 bits per heavy atom. The van der Waals surface area contributed by atoms with E-state index < -0.39 is 42.0 Å². The molecule has 11 nitrogen and oxygen atoms in total. The van der Waals surface area contributed by atoms with Crippen molar-refractivity contribution in [3.05, 3.63) is 84.5 Å². The highest BCUT2D eigenvalue weighted by Gasteiger charge is 2.35. The number of methoxy groups -OCH3 is 1. The standard InChI is InChI=1S/C37H50N4O7/c1-7-9-17-30(47-6)23-33(43)39-34(24(3)4)35(44)38-32(22-27-14-11-16-29(42)21-27)36(45)41-19-12-18-31(40-41)37(46)48-25(5)28-15-10-13-26(8-2)20-28/h7-8,10-11,13-16,20-21,24-25,30-32,34,40,42H,1-2,9,12,17-19,22-23H2,3-6H3,(H,38,44)(H,39,43)/t25-,30-,31+,32+,34+/m1/s1. The minimum atomic E-state index is -1.07. The zero-order valence-corrected chi connectivity index (χ0v) is 28.4. The normalized spacial score (nSPS) is 17.0. The van der Waals surface area contributed by atoms with E-state index in [-0.39, 0.29) is 36.5 Å². The fourth-order valence-electron chi connectivity index (χ4n) is 5.53.